The second-order valence-electron chi connectivity index (χ2n) is 12.0. The van der Waals surface area contributed by atoms with Crippen LogP contribution in [0.15, 0.2) is 0 Å². The van der Waals surface area contributed by atoms with Crippen LogP contribution in [0, 0.1) is 23.2 Å². The van der Waals surface area contributed by atoms with Gasteiger partial charge in [0, 0.05) is 56.9 Å². The van der Waals surface area contributed by atoms with Gasteiger partial charge in [0.25, 0.3) is 0 Å². The van der Waals surface area contributed by atoms with E-state index >= 15 is 0 Å². The second-order valence-corrected chi connectivity index (χ2v) is 12.0. The first-order chi connectivity index (χ1) is 12.1. The minimum absolute atomic E-state index is 0.349. The van der Waals surface area contributed by atoms with Gasteiger partial charge < -0.3 is 0 Å². The van der Waals surface area contributed by atoms with E-state index in [1.807, 2.05) is 0 Å². The Bertz CT molecular complexity index is 475. The lowest BCUT2D eigenvalue weighted by Crippen LogP contribution is -2.56. The molecule has 2 atom stereocenters. The van der Waals surface area contributed by atoms with Crippen molar-refractivity contribution in [2.45, 2.75) is 84.8 Å². The maximum absolute atomic E-state index is 2.89. The molecule has 4 aliphatic rings. The highest BCUT2D eigenvalue weighted by atomic mass is 15.3. The zero-order chi connectivity index (χ0) is 18.7. The van der Waals surface area contributed by atoms with Crippen LogP contribution in [0.3, 0.4) is 0 Å². The average molecular weight is 362 g/mol. The van der Waals surface area contributed by atoms with Crippen molar-refractivity contribution in [1.82, 2.24) is 14.7 Å². The van der Waals surface area contributed by atoms with Crippen LogP contribution in [0.5, 0.6) is 0 Å². The van der Waals surface area contributed by atoms with Crippen molar-refractivity contribution in [3.63, 3.8) is 0 Å². The molecule has 1 saturated carbocycles. The monoisotopic (exact) mass is 361 g/mol. The van der Waals surface area contributed by atoms with Gasteiger partial charge in [-0.05, 0) is 69.6 Å². The highest BCUT2D eigenvalue weighted by Gasteiger charge is 2.47. The normalized spacial score (nSPS) is 36.5. The Morgan fingerprint density at radius 3 is 1.62 bits per heavy atom. The first-order valence-electron chi connectivity index (χ1n) is 11.3. The van der Waals surface area contributed by atoms with Gasteiger partial charge in [0.05, 0.1) is 0 Å². The molecule has 4 fully saturated rings. The summed E-state index contributed by atoms with van der Waals surface area (Å²) in [6.07, 6.45) is 5.75. The molecule has 3 saturated heterocycles. The number of hydrogen-bond donors (Lipinski definition) is 0. The Kier molecular flexibility index (Phi) is 4.98. The smallest absolute Gasteiger partial charge is 0.0125 e. The van der Waals surface area contributed by atoms with Crippen LogP contribution in [-0.4, -0.2) is 71.6 Å². The summed E-state index contributed by atoms with van der Waals surface area (Å²) in [6, 6.07) is 1.78. The standard InChI is InChI=1S/C23H43N3/c1-22(2,3)19-15-25(16-19)21-11-17-13-24(14-18(17)12-21)20-7-9-26(10-8-20)23(4,5)6/h17-21H,7-16H2,1-6H3. The van der Waals surface area contributed by atoms with Crippen molar-refractivity contribution in [3.8, 4) is 0 Å². The fourth-order valence-electron chi connectivity index (χ4n) is 6.16. The van der Waals surface area contributed by atoms with Crippen molar-refractivity contribution >= 4 is 0 Å². The number of hydrogen-bond acceptors (Lipinski definition) is 3. The van der Waals surface area contributed by atoms with E-state index in [0.29, 0.717) is 11.0 Å². The predicted molar refractivity (Wildman–Crippen MR) is 110 cm³/mol. The van der Waals surface area contributed by atoms with E-state index in [-0.39, 0.29) is 0 Å². The van der Waals surface area contributed by atoms with Crippen LogP contribution in [0.4, 0.5) is 0 Å². The minimum Gasteiger partial charge on any atom is -0.300 e. The fourth-order valence-corrected chi connectivity index (χ4v) is 6.16. The molecule has 0 N–H and O–H groups in total. The molecule has 0 bridgehead atoms. The van der Waals surface area contributed by atoms with Crippen molar-refractivity contribution in [2.75, 3.05) is 39.3 Å². The summed E-state index contributed by atoms with van der Waals surface area (Å²) in [5.41, 5.74) is 0.853. The summed E-state index contributed by atoms with van der Waals surface area (Å²) in [4.78, 5) is 8.39. The number of nitrogens with zero attached hydrogens (tertiary/aromatic N) is 3. The molecule has 0 spiro atoms. The van der Waals surface area contributed by atoms with Gasteiger partial charge in [-0.3, -0.25) is 14.7 Å². The summed E-state index contributed by atoms with van der Waals surface area (Å²) < 4.78 is 0. The molecule has 0 radical (unpaired) electrons. The van der Waals surface area contributed by atoms with Crippen LogP contribution in [0.2, 0.25) is 0 Å². The van der Waals surface area contributed by atoms with E-state index in [2.05, 4.69) is 56.2 Å². The molecule has 4 rings (SSSR count). The van der Waals surface area contributed by atoms with E-state index < -0.39 is 0 Å². The zero-order valence-corrected chi connectivity index (χ0v) is 18.3. The molecule has 0 aromatic heterocycles. The van der Waals surface area contributed by atoms with E-state index in [1.54, 1.807) is 0 Å². The van der Waals surface area contributed by atoms with Gasteiger partial charge >= 0.3 is 0 Å². The molecule has 3 heterocycles. The average Bonchev–Trinajstić information content (AvgIpc) is 3.02. The molecule has 2 unspecified atom stereocenters. The van der Waals surface area contributed by atoms with Gasteiger partial charge in [-0.2, -0.15) is 0 Å². The summed E-state index contributed by atoms with van der Waals surface area (Å²) in [5.74, 6) is 2.91. The third kappa shape index (κ3) is 3.73. The number of rotatable bonds is 2. The van der Waals surface area contributed by atoms with Gasteiger partial charge in [-0.1, -0.05) is 20.8 Å². The number of fused-ring (bicyclic) bond motifs is 1. The van der Waals surface area contributed by atoms with Crippen molar-refractivity contribution in [2.24, 2.45) is 23.2 Å². The molecule has 0 amide bonds. The van der Waals surface area contributed by atoms with Crippen LogP contribution in [0.25, 0.3) is 0 Å². The Morgan fingerprint density at radius 1 is 0.654 bits per heavy atom. The largest absolute Gasteiger partial charge is 0.300 e. The molecular formula is C23H43N3. The van der Waals surface area contributed by atoms with Gasteiger partial charge in [-0.15, -0.1) is 0 Å². The van der Waals surface area contributed by atoms with Crippen LogP contribution in [0.1, 0.15) is 67.2 Å². The Balaban J connectivity index is 1.23. The van der Waals surface area contributed by atoms with Gasteiger partial charge in [-0.25, -0.2) is 0 Å². The lowest BCUT2D eigenvalue weighted by atomic mass is 9.75. The van der Waals surface area contributed by atoms with E-state index in [0.717, 1.165) is 29.8 Å². The van der Waals surface area contributed by atoms with E-state index in [9.17, 15) is 0 Å². The zero-order valence-electron chi connectivity index (χ0n) is 18.3. The van der Waals surface area contributed by atoms with Crippen LogP contribution < -0.4 is 0 Å². The highest BCUT2D eigenvalue weighted by Crippen LogP contribution is 2.45. The van der Waals surface area contributed by atoms with Gasteiger partial charge in [0.1, 0.15) is 0 Å². The quantitative estimate of drug-likeness (QED) is 0.738. The molecule has 0 aromatic rings. The third-order valence-electron chi connectivity index (χ3n) is 8.33. The van der Waals surface area contributed by atoms with E-state index in [1.165, 1.54) is 65.0 Å². The Labute approximate surface area is 162 Å². The maximum Gasteiger partial charge on any atom is 0.0125 e. The van der Waals surface area contributed by atoms with Crippen molar-refractivity contribution in [3.05, 3.63) is 0 Å². The summed E-state index contributed by atoms with van der Waals surface area (Å²) >= 11 is 0. The molecule has 3 aliphatic heterocycles. The van der Waals surface area contributed by atoms with Crippen LogP contribution in [-0.2, 0) is 0 Å². The lowest BCUT2D eigenvalue weighted by molar-refractivity contribution is -0.00922. The second kappa shape index (κ2) is 6.74. The van der Waals surface area contributed by atoms with Crippen molar-refractivity contribution in [1.29, 1.82) is 0 Å². The molecule has 26 heavy (non-hydrogen) atoms. The Hall–Kier alpha value is -0.120. The third-order valence-corrected chi connectivity index (χ3v) is 8.33. The molecule has 150 valence electrons. The summed E-state index contributed by atoms with van der Waals surface area (Å²) in [7, 11) is 0. The lowest BCUT2D eigenvalue weighted by Gasteiger charge is -2.49. The predicted octanol–water partition coefficient (Wildman–Crippen LogP) is 3.94. The van der Waals surface area contributed by atoms with Crippen LogP contribution >= 0.6 is 0 Å². The molecule has 3 nitrogen and oxygen atoms in total. The molecule has 1 aliphatic carbocycles. The Morgan fingerprint density at radius 2 is 1.15 bits per heavy atom. The van der Waals surface area contributed by atoms with Crippen molar-refractivity contribution < 1.29 is 0 Å². The number of likely N-dealkylation sites (tertiary alicyclic amines) is 3. The first kappa shape index (κ1) is 19.2. The first-order valence-corrected chi connectivity index (χ1v) is 11.3. The number of piperidine rings is 1. The molecule has 0 aromatic carbocycles. The summed E-state index contributed by atoms with van der Waals surface area (Å²) in [6.45, 7) is 22.5. The SMILES string of the molecule is CC(C)(C)C1CN(C2CC3CN(C4CCN(C(C)(C)C)CC4)CC3C2)C1. The highest BCUT2D eigenvalue weighted by molar-refractivity contribution is 5.01. The van der Waals surface area contributed by atoms with E-state index in [4.69, 9.17) is 0 Å². The topological polar surface area (TPSA) is 9.72 Å². The minimum atomic E-state index is 0.349. The summed E-state index contributed by atoms with van der Waals surface area (Å²) in [5, 5.41) is 0. The van der Waals surface area contributed by atoms with Gasteiger partial charge in [0.15, 0.2) is 0 Å². The van der Waals surface area contributed by atoms with Gasteiger partial charge in [0.2, 0.25) is 0 Å². The fraction of sp³-hybridized carbons (Fsp3) is 1.00. The maximum atomic E-state index is 2.89. The molecule has 3 heteroatoms. The molecular weight excluding hydrogens is 318 g/mol.